The van der Waals surface area contributed by atoms with Crippen LogP contribution < -0.4 is 9.47 Å². The number of carbonyl (C=O) groups excluding carboxylic acids is 2. The summed E-state index contributed by atoms with van der Waals surface area (Å²) >= 11 is 1.55. The molecule has 196 valence electrons. The predicted molar refractivity (Wildman–Crippen MR) is 137 cm³/mol. The van der Waals surface area contributed by atoms with E-state index < -0.39 is 0 Å². The molecule has 1 aromatic carbocycles. The number of hydrogen-bond donors (Lipinski definition) is 0. The van der Waals surface area contributed by atoms with Crippen molar-refractivity contribution in [3.63, 3.8) is 0 Å². The Kier molecular flexibility index (Phi) is 8.39. The summed E-state index contributed by atoms with van der Waals surface area (Å²) in [5, 5.41) is 1.96. The Morgan fingerprint density at radius 2 is 1.81 bits per heavy atom. The van der Waals surface area contributed by atoms with Gasteiger partial charge < -0.3 is 28.4 Å². The molecule has 37 heavy (non-hydrogen) atoms. The van der Waals surface area contributed by atoms with Crippen LogP contribution in [0.5, 0.6) is 11.5 Å². The molecular formula is C27H31N3O6S. The Morgan fingerprint density at radius 3 is 2.59 bits per heavy atom. The molecule has 1 saturated heterocycles. The molecule has 3 aromatic rings. The standard InChI is InChI=1S/C27H31N3O6S/c31-26(16-23-4-2-14-37-23)29(8-7-28-9-12-33-13-10-28)19-27(32)30(18-22-3-1-11-34-22)17-21-5-6-24-25(15-21)36-20-35-24/h1-6,11,14-15H,7-10,12-13,16-20H2. The second-order valence-corrected chi connectivity index (χ2v) is 10.1. The number of amides is 2. The van der Waals surface area contributed by atoms with Crippen LogP contribution in [0.4, 0.5) is 0 Å². The smallest absolute Gasteiger partial charge is 0.242 e. The Hall–Kier alpha value is -3.34. The summed E-state index contributed by atoms with van der Waals surface area (Å²) in [5.41, 5.74) is 0.911. The van der Waals surface area contributed by atoms with E-state index in [1.165, 1.54) is 0 Å². The number of furan rings is 1. The van der Waals surface area contributed by atoms with Crippen molar-refractivity contribution in [3.8, 4) is 11.5 Å². The maximum Gasteiger partial charge on any atom is 0.242 e. The molecule has 0 spiro atoms. The monoisotopic (exact) mass is 525 g/mol. The van der Waals surface area contributed by atoms with E-state index in [0.29, 0.717) is 56.7 Å². The molecule has 5 rings (SSSR count). The van der Waals surface area contributed by atoms with E-state index in [-0.39, 0.29) is 31.6 Å². The van der Waals surface area contributed by atoms with Gasteiger partial charge >= 0.3 is 0 Å². The van der Waals surface area contributed by atoms with E-state index in [0.717, 1.165) is 23.5 Å². The number of thiophene rings is 1. The Morgan fingerprint density at radius 1 is 0.946 bits per heavy atom. The van der Waals surface area contributed by atoms with Crippen LogP contribution in [-0.2, 0) is 33.8 Å². The van der Waals surface area contributed by atoms with Crippen LogP contribution in [0.2, 0.25) is 0 Å². The molecule has 0 saturated carbocycles. The normalized spacial score (nSPS) is 15.0. The highest BCUT2D eigenvalue weighted by molar-refractivity contribution is 7.10. The zero-order valence-corrected chi connectivity index (χ0v) is 21.5. The van der Waals surface area contributed by atoms with Crippen LogP contribution in [0.1, 0.15) is 16.2 Å². The van der Waals surface area contributed by atoms with Gasteiger partial charge in [-0.25, -0.2) is 0 Å². The lowest BCUT2D eigenvalue weighted by Gasteiger charge is -2.31. The number of ether oxygens (including phenoxy) is 3. The lowest BCUT2D eigenvalue weighted by Crippen LogP contribution is -2.47. The van der Waals surface area contributed by atoms with Crippen LogP contribution in [-0.4, -0.2) is 79.2 Å². The van der Waals surface area contributed by atoms with Gasteiger partial charge in [0.15, 0.2) is 11.5 Å². The molecule has 0 aliphatic carbocycles. The highest BCUT2D eigenvalue weighted by atomic mass is 32.1. The van der Waals surface area contributed by atoms with Gasteiger partial charge in [0.2, 0.25) is 18.6 Å². The molecule has 9 nitrogen and oxygen atoms in total. The maximum atomic E-state index is 13.7. The van der Waals surface area contributed by atoms with Gasteiger partial charge in [0, 0.05) is 37.6 Å². The first-order valence-electron chi connectivity index (χ1n) is 12.4. The van der Waals surface area contributed by atoms with Crippen molar-refractivity contribution < 1.29 is 28.2 Å². The predicted octanol–water partition coefficient (Wildman–Crippen LogP) is 3.00. The first kappa shape index (κ1) is 25.3. The third-order valence-electron chi connectivity index (χ3n) is 6.46. The molecule has 0 bridgehead atoms. The van der Waals surface area contributed by atoms with Crippen LogP contribution in [0.15, 0.2) is 58.5 Å². The molecule has 2 aromatic heterocycles. The van der Waals surface area contributed by atoms with E-state index in [4.69, 9.17) is 18.6 Å². The highest BCUT2D eigenvalue weighted by Crippen LogP contribution is 2.33. The molecule has 1 fully saturated rings. The summed E-state index contributed by atoms with van der Waals surface area (Å²) in [6.07, 6.45) is 1.88. The van der Waals surface area contributed by atoms with Gasteiger partial charge in [0.25, 0.3) is 0 Å². The average molecular weight is 526 g/mol. The van der Waals surface area contributed by atoms with Crippen molar-refractivity contribution in [1.29, 1.82) is 0 Å². The zero-order valence-electron chi connectivity index (χ0n) is 20.7. The van der Waals surface area contributed by atoms with Crippen LogP contribution in [0, 0.1) is 0 Å². The summed E-state index contributed by atoms with van der Waals surface area (Å²) in [6.45, 7) is 5.07. The number of nitrogens with zero attached hydrogens (tertiary/aromatic N) is 3. The molecule has 0 radical (unpaired) electrons. The third kappa shape index (κ3) is 6.91. The number of benzene rings is 1. The fourth-order valence-corrected chi connectivity index (χ4v) is 5.09. The Bertz CT molecular complexity index is 1160. The molecule has 2 amide bonds. The SMILES string of the molecule is O=C(Cc1cccs1)N(CCN1CCOCC1)CC(=O)N(Cc1ccc2c(c1)OCO2)Cc1ccco1. The fourth-order valence-electron chi connectivity index (χ4n) is 4.40. The number of morpholine rings is 1. The second kappa shape index (κ2) is 12.3. The van der Waals surface area contributed by atoms with Crippen LogP contribution >= 0.6 is 11.3 Å². The molecule has 0 atom stereocenters. The molecular weight excluding hydrogens is 494 g/mol. The average Bonchev–Trinajstić information content (AvgIpc) is 3.70. The molecule has 0 unspecified atom stereocenters. The van der Waals surface area contributed by atoms with E-state index in [9.17, 15) is 9.59 Å². The summed E-state index contributed by atoms with van der Waals surface area (Å²) in [6, 6.07) is 13.2. The topological polar surface area (TPSA) is 84.7 Å². The van der Waals surface area contributed by atoms with Crippen LogP contribution in [0.25, 0.3) is 0 Å². The van der Waals surface area contributed by atoms with Gasteiger partial charge in [-0.2, -0.15) is 0 Å². The van der Waals surface area contributed by atoms with Gasteiger partial charge in [-0.05, 0) is 41.3 Å². The quantitative estimate of drug-likeness (QED) is 0.381. The Balaban J connectivity index is 1.30. The van der Waals surface area contributed by atoms with Gasteiger partial charge in [-0.1, -0.05) is 12.1 Å². The van der Waals surface area contributed by atoms with Crippen molar-refractivity contribution in [2.24, 2.45) is 0 Å². The molecule has 2 aliphatic heterocycles. The summed E-state index contributed by atoms with van der Waals surface area (Å²) in [7, 11) is 0. The first-order chi connectivity index (χ1) is 18.1. The lowest BCUT2D eigenvalue weighted by molar-refractivity contribution is -0.141. The summed E-state index contributed by atoms with van der Waals surface area (Å²) in [5.74, 6) is 1.85. The van der Waals surface area contributed by atoms with E-state index in [2.05, 4.69) is 4.90 Å². The second-order valence-electron chi connectivity index (χ2n) is 9.04. The largest absolute Gasteiger partial charge is 0.467 e. The van der Waals surface area contributed by atoms with Gasteiger partial charge in [0.1, 0.15) is 5.76 Å². The van der Waals surface area contributed by atoms with Gasteiger partial charge in [-0.15, -0.1) is 11.3 Å². The summed E-state index contributed by atoms with van der Waals surface area (Å²) < 4.78 is 21.9. The van der Waals surface area contributed by atoms with Crippen molar-refractivity contribution >= 4 is 23.2 Å². The number of rotatable bonds is 11. The highest BCUT2D eigenvalue weighted by Gasteiger charge is 2.24. The van der Waals surface area contributed by atoms with Gasteiger partial charge in [0.05, 0.1) is 39.0 Å². The lowest BCUT2D eigenvalue weighted by atomic mass is 10.1. The van der Waals surface area contributed by atoms with E-state index in [1.54, 1.807) is 33.5 Å². The first-order valence-corrected chi connectivity index (χ1v) is 13.3. The summed E-state index contributed by atoms with van der Waals surface area (Å²) in [4.78, 5) is 33.7. The molecule has 0 N–H and O–H groups in total. The van der Waals surface area contributed by atoms with Crippen molar-refractivity contribution in [2.75, 3.05) is 52.7 Å². The zero-order chi connectivity index (χ0) is 25.5. The van der Waals surface area contributed by atoms with Gasteiger partial charge in [-0.3, -0.25) is 14.5 Å². The van der Waals surface area contributed by atoms with E-state index in [1.807, 2.05) is 41.8 Å². The number of fused-ring (bicyclic) bond motifs is 1. The minimum Gasteiger partial charge on any atom is -0.467 e. The van der Waals surface area contributed by atoms with Crippen molar-refractivity contribution in [3.05, 3.63) is 70.3 Å². The minimum atomic E-state index is -0.143. The third-order valence-corrected chi connectivity index (χ3v) is 7.34. The number of carbonyl (C=O) groups is 2. The molecule has 10 heteroatoms. The van der Waals surface area contributed by atoms with Crippen LogP contribution in [0.3, 0.4) is 0 Å². The fraction of sp³-hybridized carbons (Fsp3) is 0.407. The van der Waals surface area contributed by atoms with Crippen molar-refractivity contribution in [2.45, 2.75) is 19.5 Å². The molecule has 2 aliphatic rings. The molecule has 4 heterocycles. The van der Waals surface area contributed by atoms with E-state index >= 15 is 0 Å². The number of hydrogen-bond acceptors (Lipinski definition) is 8. The van der Waals surface area contributed by atoms with Crippen molar-refractivity contribution in [1.82, 2.24) is 14.7 Å². The minimum absolute atomic E-state index is 0.000190. The Labute approximate surface area is 220 Å². The maximum absolute atomic E-state index is 13.7.